The monoisotopic (exact) mass is 551 g/mol. The molecule has 1 heterocycles. The van der Waals surface area contributed by atoms with E-state index in [9.17, 15) is 9.90 Å². The van der Waals surface area contributed by atoms with E-state index < -0.39 is 5.97 Å². The fraction of sp³-hybridized carbons (Fsp3) is 0.217. The predicted molar refractivity (Wildman–Crippen MR) is 132 cm³/mol. The number of para-hydroxylation sites is 1. The summed E-state index contributed by atoms with van der Waals surface area (Å²) < 4.78 is 17.1. The number of nitrogens with zero attached hydrogens (tertiary/aromatic N) is 1. The molecule has 2 aromatic carbocycles. The van der Waals surface area contributed by atoms with E-state index in [0.29, 0.717) is 33.7 Å². The molecule has 1 aliphatic heterocycles. The predicted octanol–water partition coefficient (Wildman–Crippen LogP) is 5.89. The van der Waals surface area contributed by atoms with E-state index in [-0.39, 0.29) is 17.9 Å². The van der Waals surface area contributed by atoms with Crippen molar-refractivity contribution < 1.29 is 24.1 Å². The molecule has 0 saturated carbocycles. The van der Waals surface area contributed by atoms with Crippen LogP contribution >= 0.6 is 34.4 Å². The van der Waals surface area contributed by atoms with Gasteiger partial charge in [-0.1, -0.05) is 30.0 Å². The van der Waals surface area contributed by atoms with Crippen molar-refractivity contribution in [3.8, 4) is 11.5 Å². The molecule has 0 fully saturated rings. The maximum Gasteiger partial charge on any atom is 0.344 e. The number of aliphatic hydroxyl groups is 1. The van der Waals surface area contributed by atoms with Crippen molar-refractivity contribution in [2.75, 3.05) is 20.3 Å². The Kier molecular flexibility index (Phi) is 8.03. The van der Waals surface area contributed by atoms with Crippen molar-refractivity contribution in [2.45, 2.75) is 13.8 Å². The number of hydrogen-bond donors (Lipinski definition) is 1. The van der Waals surface area contributed by atoms with Crippen molar-refractivity contribution in [3.63, 3.8) is 0 Å². The largest absolute Gasteiger partial charge is 0.506 e. The Morgan fingerprint density at radius 1 is 1.19 bits per heavy atom. The van der Waals surface area contributed by atoms with Gasteiger partial charge in [0.1, 0.15) is 16.4 Å². The second kappa shape index (κ2) is 10.7. The number of aliphatic imine (C=N–C) groups is 1. The van der Waals surface area contributed by atoms with Crippen LogP contribution in [-0.2, 0) is 9.53 Å². The Balaban J connectivity index is 2.06. The van der Waals surface area contributed by atoms with Crippen molar-refractivity contribution in [3.05, 3.63) is 67.8 Å². The molecular weight excluding hydrogens is 529 g/mol. The first-order valence-corrected chi connectivity index (χ1v) is 11.5. The highest BCUT2D eigenvalue weighted by molar-refractivity contribution is 14.1. The third-order valence-electron chi connectivity index (χ3n) is 4.19. The highest BCUT2D eigenvalue weighted by Crippen LogP contribution is 2.41. The molecule has 0 aliphatic carbocycles. The van der Waals surface area contributed by atoms with Gasteiger partial charge < -0.3 is 19.3 Å². The van der Waals surface area contributed by atoms with E-state index in [1.807, 2.05) is 49.4 Å². The van der Waals surface area contributed by atoms with Gasteiger partial charge in [0.2, 0.25) is 0 Å². The number of rotatable bonds is 7. The average Bonchev–Trinajstić information content (AvgIpc) is 3.04. The molecule has 0 aromatic heterocycles. The summed E-state index contributed by atoms with van der Waals surface area (Å²) in [6, 6.07) is 13.0. The first kappa shape index (κ1) is 23.2. The third-order valence-corrected chi connectivity index (χ3v) is 6.01. The van der Waals surface area contributed by atoms with Gasteiger partial charge in [-0.2, -0.15) is 0 Å². The summed E-state index contributed by atoms with van der Waals surface area (Å²) in [5, 5.41) is 11.2. The summed E-state index contributed by atoms with van der Waals surface area (Å²) >= 11 is 3.39. The van der Waals surface area contributed by atoms with E-state index in [4.69, 9.17) is 14.2 Å². The molecule has 0 bridgehead atoms. The van der Waals surface area contributed by atoms with Gasteiger partial charge in [0.05, 0.1) is 34.5 Å². The zero-order valence-electron chi connectivity index (χ0n) is 17.3. The zero-order chi connectivity index (χ0) is 22.4. The van der Waals surface area contributed by atoms with E-state index in [0.717, 1.165) is 9.13 Å². The lowest BCUT2D eigenvalue weighted by Crippen LogP contribution is -2.12. The fourth-order valence-corrected chi connectivity index (χ4v) is 4.78. The number of halogens is 1. The highest BCUT2D eigenvalue weighted by Gasteiger charge is 2.33. The number of esters is 1. The minimum Gasteiger partial charge on any atom is -0.506 e. The lowest BCUT2D eigenvalue weighted by Gasteiger charge is -2.12. The first-order valence-electron chi connectivity index (χ1n) is 9.63. The van der Waals surface area contributed by atoms with Crippen molar-refractivity contribution in [1.29, 1.82) is 0 Å². The number of carbonyl (C=O) groups is 1. The van der Waals surface area contributed by atoms with Crippen LogP contribution in [0.3, 0.4) is 0 Å². The van der Waals surface area contributed by atoms with Gasteiger partial charge in [-0.05, 0) is 72.3 Å². The van der Waals surface area contributed by atoms with Gasteiger partial charge in [0.15, 0.2) is 11.5 Å². The number of thioether (sulfide) groups is 1. The molecule has 8 heteroatoms. The molecule has 162 valence electrons. The number of hydrogen-bond acceptors (Lipinski definition) is 7. The number of ether oxygens (including phenoxy) is 3. The molecule has 0 radical (unpaired) electrons. The van der Waals surface area contributed by atoms with E-state index in [2.05, 4.69) is 27.6 Å². The Morgan fingerprint density at radius 2 is 1.94 bits per heavy atom. The minimum absolute atomic E-state index is 0.0650. The lowest BCUT2D eigenvalue weighted by atomic mass is 10.1. The quantitative estimate of drug-likeness (QED) is 0.342. The Labute approximate surface area is 199 Å². The second-order valence-corrected chi connectivity index (χ2v) is 8.47. The van der Waals surface area contributed by atoms with Gasteiger partial charge >= 0.3 is 5.97 Å². The van der Waals surface area contributed by atoms with Crippen molar-refractivity contribution in [2.24, 2.45) is 4.99 Å². The molecule has 2 aromatic rings. The number of benzene rings is 2. The van der Waals surface area contributed by atoms with Crippen LogP contribution in [0.25, 0.3) is 6.08 Å². The van der Waals surface area contributed by atoms with Crippen molar-refractivity contribution in [1.82, 2.24) is 0 Å². The van der Waals surface area contributed by atoms with Gasteiger partial charge in [-0.25, -0.2) is 9.79 Å². The van der Waals surface area contributed by atoms with E-state index in [1.165, 1.54) is 11.8 Å². The molecule has 0 unspecified atom stereocenters. The maximum absolute atomic E-state index is 12.5. The van der Waals surface area contributed by atoms with Crippen LogP contribution < -0.4 is 9.47 Å². The molecule has 1 aliphatic rings. The lowest BCUT2D eigenvalue weighted by molar-refractivity contribution is -0.138. The molecular formula is C23H22INO5S. The minimum atomic E-state index is -0.607. The molecule has 0 spiro atoms. The first-order chi connectivity index (χ1) is 15.0. The maximum atomic E-state index is 12.5. The smallest absolute Gasteiger partial charge is 0.344 e. The summed E-state index contributed by atoms with van der Waals surface area (Å²) in [7, 11) is 1.59. The van der Waals surface area contributed by atoms with Gasteiger partial charge in [-0.15, -0.1) is 0 Å². The SMILES string of the molecule is CCOC(=O)C1=C(O)/C(=C/c2cc(I)c(OC)c(OCC)c2)SC1=Nc1ccccc1. The average molecular weight is 551 g/mol. The molecule has 3 rings (SSSR count). The van der Waals surface area contributed by atoms with Crippen LogP contribution in [-0.4, -0.2) is 36.4 Å². The Hall–Kier alpha value is -2.46. The van der Waals surface area contributed by atoms with Crippen LogP contribution in [0.5, 0.6) is 11.5 Å². The summed E-state index contributed by atoms with van der Waals surface area (Å²) in [5.41, 5.74) is 1.54. The van der Waals surface area contributed by atoms with Crippen LogP contribution in [0.4, 0.5) is 5.69 Å². The Bertz CT molecular complexity index is 1060. The highest BCUT2D eigenvalue weighted by atomic mass is 127. The Morgan fingerprint density at radius 3 is 2.58 bits per heavy atom. The summed E-state index contributed by atoms with van der Waals surface area (Å²) in [4.78, 5) is 17.6. The standard InChI is InChI=1S/C23H22INO5S/c1-4-29-17-12-14(11-16(24)21(17)28-3)13-18-20(26)19(23(27)30-5-2)22(31-18)25-15-9-7-6-8-10-15/h6-13,26H,4-5H2,1-3H3/b18-13-,25-22?. The third kappa shape index (κ3) is 5.43. The zero-order valence-corrected chi connectivity index (χ0v) is 20.3. The summed E-state index contributed by atoms with van der Waals surface area (Å²) in [6.45, 7) is 4.31. The number of carbonyl (C=O) groups excluding carboxylic acids is 1. The van der Waals surface area contributed by atoms with Gasteiger partial charge in [0.25, 0.3) is 0 Å². The normalized spacial score (nSPS) is 16.1. The van der Waals surface area contributed by atoms with Crippen LogP contribution in [0.2, 0.25) is 0 Å². The molecule has 0 saturated heterocycles. The molecule has 6 nitrogen and oxygen atoms in total. The molecule has 31 heavy (non-hydrogen) atoms. The molecule has 0 atom stereocenters. The van der Waals surface area contributed by atoms with Crippen LogP contribution in [0.1, 0.15) is 19.4 Å². The topological polar surface area (TPSA) is 77.4 Å². The van der Waals surface area contributed by atoms with E-state index in [1.54, 1.807) is 20.1 Å². The van der Waals surface area contributed by atoms with Crippen molar-refractivity contribution >= 4 is 57.1 Å². The number of methoxy groups -OCH3 is 1. The number of aliphatic hydroxyl groups excluding tert-OH is 1. The molecule has 0 amide bonds. The van der Waals surface area contributed by atoms with E-state index >= 15 is 0 Å². The van der Waals surface area contributed by atoms with Crippen LogP contribution in [0.15, 0.2) is 63.7 Å². The molecule has 1 N–H and O–H groups in total. The van der Waals surface area contributed by atoms with Gasteiger partial charge in [-0.3, -0.25) is 0 Å². The summed E-state index contributed by atoms with van der Waals surface area (Å²) in [5.74, 6) is 0.507. The fourth-order valence-electron chi connectivity index (χ4n) is 2.90. The summed E-state index contributed by atoms with van der Waals surface area (Å²) in [6.07, 6.45) is 1.79. The second-order valence-electron chi connectivity index (χ2n) is 6.27. The van der Waals surface area contributed by atoms with Crippen LogP contribution in [0, 0.1) is 3.57 Å². The van der Waals surface area contributed by atoms with Gasteiger partial charge in [0, 0.05) is 0 Å².